The third-order valence-electron chi connectivity index (χ3n) is 4.30. The number of hydrogen-bond acceptors (Lipinski definition) is 5. The molecule has 1 aromatic carbocycles. The lowest BCUT2D eigenvalue weighted by molar-refractivity contribution is 0.0762. The van der Waals surface area contributed by atoms with Crippen LogP contribution in [0, 0.1) is 12.7 Å². The second kappa shape index (κ2) is 7.46. The Morgan fingerprint density at radius 3 is 2.64 bits per heavy atom. The third-order valence-corrected chi connectivity index (χ3v) is 4.30. The van der Waals surface area contributed by atoms with E-state index in [0.717, 1.165) is 24.5 Å². The summed E-state index contributed by atoms with van der Waals surface area (Å²) in [6, 6.07) is 8.16. The SMILES string of the molecule is COc1ccc(C(=O)N2CCCN(c3ccc(C)nn3)CC2)c(F)c1. The van der Waals surface area contributed by atoms with E-state index < -0.39 is 5.82 Å². The van der Waals surface area contributed by atoms with Crippen molar-refractivity contribution < 1.29 is 13.9 Å². The summed E-state index contributed by atoms with van der Waals surface area (Å²) in [5, 5.41) is 8.28. The zero-order chi connectivity index (χ0) is 17.8. The summed E-state index contributed by atoms with van der Waals surface area (Å²) < 4.78 is 19.1. The molecule has 6 nitrogen and oxygen atoms in total. The van der Waals surface area contributed by atoms with Gasteiger partial charge < -0.3 is 14.5 Å². The van der Waals surface area contributed by atoms with Crippen molar-refractivity contribution in [2.45, 2.75) is 13.3 Å². The lowest BCUT2D eigenvalue weighted by Crippen LogP contribution is -2.35. The molecule has 1 amide bonds. The van der Waals surface area contributed by atoms with Crippen LogP contribution in [0.1, 0.15) is 22.5 Å². The van der Waals surface area contributed by atoms with Crippen molar-refractivity contribution >= 4 is 11.7 Å². The average Bonchev–Trinajstić information content (AvgIpc) is 2.88. The van der Waals surface area contributed by atoms with E-state index in [1.807, 2.05) is 19.1 Å². The largest absolute Gasteiger partial charge is 0.497 e. The molecule has 1 fully saturated rings. The molecule has 25 heavy (non-hydrogen) atoms. The topological polar surface area (TPSA) is 58.6 Å². The van der Waals surface area contributed by atoms with Crippen LogP contribution in [0.3, 0.4) is 0 Å². The Bertz CT molecular complexity index is 751. The molecule has 3 rings (SSSR count). The first-order valence-electron chi connectivity index (χ1n) is 8.26. The predicted octanol–water partition coefficient (Wildman–Crippen LogP) is 2.29. The van der Waals surface area contributed by atoms with Crippen molar-refractivity contribution in [2.24, 2.45) is 0 Å². The number of carbonyl (C=O) groups excluding carboxylic acids is 1. The maximum Gasteiger partial charge on any atom is 0.256 e. The highest BCUT2D eigenvalue weighted by Gasteiger charge is 2.23. The summed E-state index contributed by atoms with van der Waals surface area (Å²) in [6.07, 6.45) is 0.791. The molecule has 0 radical (unpaired) electrons. The van der Waals surface area contributed by atoms with Crippen LogP contribution in [0.15, 0.2) is 30.3 Å². The number of nitrogens with zero attached hydrogens (tertiary/aromatic N) is 4. The molecule has 0 unspecified atom stereocenters. The van der Waals surface area contributed by atoms with E-state index in [0.29, 0.717) is 25.4 Å². The number of aromatic nitrogens is 2. The minimum atomic E-state index is -0.560. The minimum absolute atomic E-state index is 0.0735. The molecule has 0 spiro atoms. The summed E-state index contributed by atoms with van der Waals surface area (Å²) in [6.45, 7) is 4.41. The molecule has 1 aliphatic heterocycles. The van der Waals surface area contributed by atoms with E-state index >= 15 is 0 Å². The van der Waals surface area contributed by atoms with Gasteiger partial charge in [-0.1, -0.05) is 0 Å². The fourth-order valence-corrected chi connectivity index (χ4v) is 2.88. The molecular weight excluding hydrogens is 323 g/mol. The summed E-state index contributed by atoms with van der Waals surface area (Å²) in [5.74, 6) is 0.344. The first-order valence-corrected chi connectivity index (χ1v) is 8.26. The Balaban J connectivity index is 1.70. The smallest absolute Gasteiger partial charge is 0.256 e. The molecule has 0 atom stereocenters. The van der Waals surface area contributed by atoms with Gasteiger partial charge in [-0.05, 0) is 37.6 Å². The van der Waals surface area contributed by atoms with Crippen molar-refractivity contribution in [2.75, 3.05) is 38.2 Å². The van der Waals surface area contributed by atoms with Crippen molar-refractivity contribution in [1.29, 1.82) is 0 Å². The number of rotatable bonds is 3. The van der Waals surface area contributed by atoms with Crippen molar-refractivity contribution in [3.63, 3.8) is 0 Å². The van der Waals surface area contributed by atoms with E-state index in [-0.39, 0.29) is 11.5 Å². The summed E-state index contributed by atoms with van der Waals surface area (Å²) in [5.41, 5.74) is 0.940. The molecule has 1 aromatic heterocycles. The van der Waals surface area contributed by atoms with E-state index in [9.17, 15) is 9.18 Å². The molecule has 0 bridgehead atoms. The van der Waals surface area contributed by atoms with E-state index in [2.05, 4.69) is 15.1 Å². The van der Waals surface area contributed by atoms with Gasteiger partial charge in [-0.25, -0.2) is 4.39 Å². The molecule has 0 N–H and O–H groups in total. The Hall–Kier alpha value is -2.70. The highest BCUT2D eigenvalue weighted by Crippen LogP contribution is 2.19. The number of anilines is 1. The molecule has 1 saturated heterocycles. The number of amides is 1. The predicted molar refractivity (Wildman–Crippen MR) is 92.5 cm³/mol. The van der Waals surface area contributed by atoms with Gasteiger partial charge in [0.2, 0.25) is 0 Å². The van der Waals surface area contributed by atoms with Gasteiger partial charge >= 0.3 is 0 Å². The van der Waals surface area contributed by atoms with Gasteiger partial charge in [0.25, 0.3) is 5.91 Å². The second-order valence-electron chi connectivity index (χ2n) is 6.01. The van der Waals surface area contributed by atoms with Gasteiger partial charge in [0.1, 0.15) is 11.6 Å². The van der Waals surface area contributed by atoms with Crippen LogP contribution in [0.4, 0.5) is 10.2 Å². The Kier molecular flexibility index (Phi) is 5.11. The Morgan fingerprint density at radius 1 is 1.12 bits per heavy atom. The van der Waals surface area contributed by atoms with Crippen LogP contribution in [0.2, 0.25) is 0 Å². The monoisotopic (exact) mass is 344 g/mol. The van der Waals surface area contributed by atoms with Crippen LogP contribution in [0.25, 0.3) is 0 Å². The maximum atomic E-state index is 14.2. The van der Waals surface area contributed by atoms with Crippen molar-refractivity contribution in [1.82, 2.24) is 15.1 Å². The van der Waals surface area contributed by atoms with Gasteiger partial charge in [0.05, 0.1) is 18.4 Å². The average molecular weight is 344 g/mol. The normalized spacial score (nSPS) is 15.0. The van der Waals surface area contributed by atoms with Gasteiger partial charge in [-0.2, -0.15) is 5.10 Å². The standard InChI is InChI=1S/C18H21FN4O2/c1-13-4-7-17(21-20-13)22-8-3-9-23(11-10-22)18(24)15-6-5-14(25-2)12-16(15)19/h4-7,12H,3,8-11H2,1-2H3. The molecule has 1 aliphatic rings. The van der Waals surface area contributed by atoms with Gasteiger partial charge in [0, 0.05) is 32.2 Å². The zero-order valence-corrected chi connectivity index (χ0v) is 14.4. The number of aryl methyl sites for hydroxylation is 1. The summed E-state index contributed by atoms with van der Waals surface area (Å²) in [4.78, 5) is 16.4. The highest BCUT2D eigenvalue weighted by molar-refractivity contribution is 5.94. The molecule has 0 saturated carbocycles. The molecular formula is C18H21FN4O2. The number of halogens is 1. The molecule has 0 aliphatic carbocycles. The lowest BCUT2D eigenvalue weighted by Gasteiger charge is -2.22. The first-order chi connectivity index (χ1) is 12.1. The highest BCUT2D eigenvalue weighted by atomic mass is 19.1. The number of benzene rings is 1. The van der Waals surface area contributed by atoms with Crippen LogP contribution >= 0.6 is 0 Å². The number of methoxy groups -OCH3 is 1. The fraction of sp³-hybridized carbons (Fsp3) is 0.389. The maximum absolute atomic E-state index is 14.2. The molecule has 7 heteroatoms. The Morgan fingerprint density at radius 2 is 1.96 bits per heavy atom. The zero-order valence-electron chi connectivity index (χ0n) is 14.4. The van der Waals surface area contributed by atoms with Gasteiger partial charge in [0.15, 0.2) is 5.82 Å². The van der Waals surface area contributed by atoms with Crippen LogP contribution in [0.5, 0.6) is 5.75 Å². The molecule has 2 aromatic rings. The Labute approximate surface area is 146 Å². The lowest BCUT2D eigenvalue weighted by atomic mass is 10.1. The number of hydrogen-bond donors (Lipinski definition) is 0. The van der Waals surface area contributed by atoms with E-state index in [1.165, 1.54) is 19.2 Å². The van der Waals surface area contributed by atoms with Crippen LogP contribution in [-0.2, 0) is 0 Å². The van der Waals surface area contributed by atoms with Crippen molar-refractivity contribution in [3.8, 4) is 5.75 Å². The summed E-state index contributed by atoms with van der Waals surface area (Å²) >= 11 is 0. The quantitative estimate of drug-likeness (QED) is 0.855. The van der Waals surface area contributed by atoms with Gasteiger partial charge in [-0.3, -0.25) is 4.79 Å². The molecule has 2 heterocycles. The first kappa shape index (κ1) is 17.1. The van der Waals surface area contributed by atoms with E-state index in [4.69, 9.17) is 4.74 Å². The minimum Gasteiger partial charge on any atom is -0.497 e. The summed E-state index contributed by atoms with van der Waals surface area (Å²) in [7, 11) is 1.47. The molecule has 132 valence electrons. The number of carbonyl (C=O) groups is 1. The fourth-order valence-electron chi connectivity index (χ4n) is 2.88. The van der Waals surface area contributed by atoms with E-state index in [1.54, 1.807) is 11.0 Å². The van der Waals surface area contributed by atoms with Crippen molar-refractivity contribution in [3.05, 3.63) is 47.4 Å². The van der Waals surface area contributed by atoms with Gasteiger partial charge in [-0.15, -0.1) is 5.10 Å². The van der Waals surface area contributed by atoms with Crippen LogP contribution in [-0.4, -0.2) is 54.3 Å². The number of ether oxygens (including phenoxy) is 1. The second-order valence-corrected chi connectivity index (χ2v) is 6.01. The third kappa shape index (κ3) is 3.87. The van der Waals surface area contributed by atoms with Crippen LogP contribution < -0.4 is 9.64 Å².